The van der Waals surface area contributed by atoms with Gasteiger partial charge in [-0.1, -0.05) is 13.8 Å². The number of carboxylic acids is 2. The molecule has 1 aromatic carbocycles. The maximum atomic E-state index is 12.3. The molecule has 2 rings (SSSR count). The van der Waals surface area contributed by atoms with Crippen LogP contribution < -0.4 is 25.2 Å². The summed E-state index contributed by atoms with van der Waals surface area (Å²) in [5.41, 5.74) is 0.753. The summed E-state index contributed by atoms with van der Waals surface area (Å²) in [7, 11) is 1.62. The largest absolute Gasteiger partial charge is 0.539 e. The van der Waals surface area contributed by atoms with Gasteiger partial charge in [0, 0.05) is 18.2 Å². The van der Waals surface area contributed by atoms with Crippen molar-refractivity contribution in [2.24, 2.45) is 5.92 Å². The molecule has 0 aliphatic carbocycles. The lowest BCUT2D eigenvalue weighted by molar-refractivity contribution is -0.684. The lowest BCUT2D eigenvalue weighted by Crippen LogP contribution is -2.93. The van der Waals surface area contributed by atoms with E-state index in [9.17, 15) is 4.79 Å². The normalized spacial score (nSPS) is 15.8. The van der Waals surface area contributed by atoms with Crippen LogP contribution >= 0.6 is 0 Å². The Hall–Kier alpha value is -2.81. The number of hydrogen-bond acceptors (Lipinski definition) is 6. The number of carbonyl (C=O) groups excluding carboxylic acids is 2. The van der Waals surface area contributed by atoms with E-state index in [4.69, 9.17) is 29.3 Å². The summed E-state index contributed by atoms with van der Waals surface area (Å²) in [6.07, 6.45) is 3.26. The summed E-state index contributed by atoms with van der Waals surface area (Å²) in [5, 5.41) is 21.4. The monoisotopic (exact) mass is 396 g/mol. The van der Waals surface area contributed by atoms with Crippen LogP contribution in [0.25, 0.3) is 0 Å². The number of aliphatic carboxylic acids is 2. The van der Waals surface area contributed by atoms with Crippen LogP contribution in [0.1, 0.15) is 33.1 Å². The molecule has 1 unspecified atom stereocenters. The summed E-state index contributed by atoms with van der Waals surface area (Å²) in [4.78, 5) is 30.3. The highest BCUT2D eigenvalue weighted by Crippen LogP contribution is 2.30. The number of piperidine rings is 1. The van der Waals surface area contributed by atoms with Gasteiger partial charge in [0.2, 0.25) is 0 Å². The molecule has 0 saturated carbocycles. The molecule has 4 N–H and O–H groups in total. The number of benzene rings is 1. The third-order valence-electron chi connectivity index (χ3n) is 3.94. The number of methoxy groups -OCH3 is 1. The van der Waals surface area contributed by atoms with Gasteiger partial charge in [-0.05, 0) is 30.9 Å². The predicted octanol–water partition coefficient (Wildman–Crippen LogP) is -0.395. The van der Waals surface area contributed by atoms with Crippen molar-refractivity contribution in [2.75, 3.05) is 25.6 Å². The number of anilines is 1. The van der Waals surface area contributed by atoms with Gasteiger partial charge >= 0.3 is 5.97 Å². The average molecular weight is 396 g/mol. The second-order valence-corrected chi connectivity index (χ2v) is 6.78. The molecule has 1 atom stereocenters. The van der Waals surface area contributed by atoms with Gasteiger partial charge in [-0.3, -0.25) is 4.79 Å². The third-order valence-corrected chi connectivity index (χ3v) is 3.94. The van der Waals surface area contributed by atoms with Gasteiger partial charge in [0.25, 0.3) is 5.91 Å². The number of ether oxygens (including phenoxy) is 2. The van der Waals surface area contributed by atoms with Crippen molar-refractivity contribution in [1.29, 1.82) is 0 Å². The van der Waals surface area contributed by atoms with Gasteiger partial charge < -0.3 is 35.1 Å². The Morgan fingerprint density at radius 3 is 2.46 bits per heavy atom. The average Bonchev–Trinajstić information content (AvgIpc) is 2.67. The van der Waals surface area contributed by atoms with Crippen LogP contribution in [-0.2, 0) is 14.4 Å². The smallest absolute Gasteiger partial charge is 0.351 e. The van der Waals surface area contributed by atoms with E-state index in [1.807, 2.05) is 18.2 Å². The molecule has 1 aliphatic heterocycles. The molecule has 9 nitrogen and oxygen atoms in total. The Morgan fingerprint density at radius 1 is 1.29 bits per heavy atom. The van der Waals surface area contributed by atoms with Crippen LogP contribution in [0.15, 0.2) is 18.2 Å². The molecule has 0 bridgehead atoms. The molecule has 1 aliphatic rings. The number of hydrogen-bond donors (Lipinski definition) is 3. The summed E-state index contributed by atoms with van der Waals surface area (Å²) in [6, 6.07) is 5.54. The Morgan fingerprint density at radius 2 is 1.96 bits per heavy atom. The maximum Gasteiger partial charge on any atom is 0.351 e. The highest BCUT2D eigenvalue weighted by molar-refractivity contribution is 6.26. The second-order valence-electron chi connectivity index (χ2n) is 6.78. The number of carbonyl (C=O) groups is 3. The molecule has 0 spiro atoms. The Kier molecular flexibility index (Phi) is 9.80. The predicted molar refractivity (Wildman–Crippen MR) is 99.0 cm³/mol. The first-order chi connectivity index (χ1) is 13.2. The topological polar surface area (TPSA) is 142 Å². The van der Waals surface area contributed by atoms with Crippen molar-refractivity contribution < 1.29 is 39.4 Å². The minimum atomic E-state index is -2.07. The first-order valence-electron chi connectivity index (χ1n) is 9.13. The molecular formula is C19H28N2O7. The summed E-state index contributed by atoms with van der Waals surface area (Å²) < 4.78 is 11.1. The summed E-state index contributed by atoms with van der Waals surface area (Å²) in [6.45, 7) is 5.83. The van der Waals surface area contributed by atoms with Crippen LogP contribution in [0.4, 0.5) is 5.69 Å². The molecule has 1 aromatic rings. The lowest BCUT2D eigenvalue weighted by Gasteiger charge is -2.20. The van der Waals surface area contributed by atoms with Crippen molar-refractivity contribution in [3.8, 4) is 11.5 Å². The zero-order chi connectivity index (χ0) is 21.1. The van der Waals surface area contributed by atoms with Crippen molar-refractivity contribution in [2.45, 2.75) is 39.2 Å². The standard InChI is InChI=1S/C17H26N2O3.C2H2O4/c1-12(2)11-22-16-10-13(7-8-15(16)21-3)19-17(20)14-6-4-5-9-18-14;3-1(4)2(5)6/h7-8,10,12,14,18H,4-6,9,11H2,1-3H3,(H,19,20);(H,3,4)(H,5,6). The quantitative estimate of drug-likeness (QED) is 0.556. The van der Waals surface area contributed by atoms with Crippen molar-refractivity contribution in [1.82, 2.24) is 0 Å². The van der Waals surface area contributed by atoms with Gasteiger partial charge in [-0.25, -0.2) is 4.79 Å². The van der Waals surface area contributed by atoms with Gasteiger partial charge in [-0.2, -0.15) is 0 Å². The van der Waals surface area contributed by atoms with Gasteiger partial charge in [-0.15, -0.1) is 0 Å². The van der Waals surface area contributed by atoms with E-state index in [0.717, 1.165) is 25.1 Å². The maximum absolute atomic E-state index is 12.3. The van der Waals surface area contributed by atoms with Crippen molar-refractivity contribution in [3.05, 3.63) is 18.2 Å². The zero-order valence-corrected chi connectivity index (χ0v) is 16.4. The van der Waals surface area contributed by atoms with Crippen LogP contribution in [0.3, 0.4) is 0 Å². The SMILES string of the molecule is COc1ccc(NC(=O)C2CCCC[NH2+]2)cc1OCC(C)C.O=C([O-])C(=O)O. The van der Waals surface area contributed by atoms with Crippen molar-refractivity contribution in [3.63, 3.8) is 0 Å². The fraction of sp³-hybridized carbons (Fsp3) is 0.526. The molecule has 1 heterocycles. The molecule has 0 aromatic heterocycles. The molecule has 9 heteroatoms. The second kappa shape index (κ2) is 11.8. The molecule has 1 saturated heterocycles. The lowest BCUT2D eigenvalue weighted by atomic mass is 10.0. The Balaban J connectivity index is 0.000000568. The van der Waals surface area contributed by atoms with E-state index in [-0.39, 0.29) is 11.9 Å². The Labute approximate surface area is 164 Å². The van der Waals surface area contributed by atoms with E-state index in [1.165, 1.54) is 6.42 Å². The third kappa shape index (κ3) is 8.26. The molecule has 1 fully saturated rings. The van der Waals surface area contributed by atoms with Crippen LogP contribution in [0, 0.1) is 5.92 Å². The van der Waals surface area contributed by atoms with E-state index in [0.29, 0.717) is 24.0 Å². The fourth-order valence-corrected chi connectivity index (χ4v) is 2.54. The van der Waals surface area contributed by atoms with E-state index in [1.54, 1.807) is 7.11 Å². The first-order valence-corrected chi connectivity index (χ1v) is 9.13. The number of nitrogens with two attached hydrogens (primary N) is 1. The Bertz CT molecular complexity index is 658. The highest BCUT2D eigenvalue weighted by Gasteiger charge is 2.24. The molecular weight excluding hydrogens is 368 g/mol. The number of amides is 1. The van der Waals surface area contributed by atoms with E-state index < -0.39 is 11.9 Å². The molecule has 28 heavy (non-hydrogen) atoms. The number of carboxylic acid groups (broad SMARTS) is 2. The van der Waals surface area contributed by atoms with Crippen LogP contribution in [-0.4, -0.2) is 49.3 Å². The first kappa shape index (κ1) is 23.2. The zero-order valence-electron chi connectivity index (χ0n) is 16.4. The minimum Gasteiger partial charge on any atom is -0.539 e. The van der Waals surface area contributed by atoms with Gasteiger partial charge in [0.15, 0.2) is 23.5 Å². The summed E-state index contributed by atoms with van der Waals surface area (Å²) in [5.74, 6) is -2.16. The van der Waals surface area contributed by atoms with Crippen LogP contribution in [0.2, 0.25) is 0 Å². The number of rotatable bonds is 6. The van der Waals surface area contributed by atoms with E-state index in [2.05, 4.69) is 24.5 Å². The fourth-order valence-electron chi connectivity index (χ4n) is 2.54. The van der Waals surface area contributed by atoms with Crippen molar-refractivity contribution >= 4 is 23.5 Å². The number of quaternary nitrogens is 1. The van der Waals surface area contributed by atoms with Gasteiger partial charge in [0.1, 0.15) is 0 Å². The molecule has 0 radical (unpaired) electrons. The number of nitrogens with one attached hydrogen (secondary N) is 1. The van der Waals surface area contributed by atoms with Gasteiger partial charge in [0.05, 0.1) is 20.3 Å². The van der Waals surface area contributed by atoms with E-state index >= 15 is 0 Å². The molecule has 1 amide bonds. The van der Waals surface area contributed by atoms with Crippen LogP contribution in [0.5, 0.6) is 11.5 Å². The molecule has 156 valence electrons. The highest BCUT2D eigenvalue weighted by atomic mass is 16.5. The minimum absolute atomic E-state index is 0.0240. The summed E-state index contributed by atoms with van der Waals surface area (Å²) >= 11 is 0.